The number of ether oxygens (including phenoxy) is 2. The van der Waals surface area contributed by atoms with Crippen molar-refractivity contribution in [1.82, 2.24) is 4.58 Å². The molecule has 1 fully saturated rings. The number of nitrogens with zero attached hydrogens (tertiary/aromatic N) is 1. The normalized spacial score (nSPS) is 20.6. The number of hydrogen-bond acceptors (Lipinski definition) is 8. The zero-order valence-corrected chi connectivity index (χ0v) is 15.3. The maximum Gasteiger partial charge on any atom is 0.337 e. The number of carbonyl (C=O) groups is 2. The Hall–Kier alpha value is -1.68. The first kappa shape index (κ1) is 19.6. The second kappa shape index (κ2) is 8.61. The van der Waals surface area contributed by atoms with Crippen molar-refractivity contribution >= 4 is 34.4 Å². The van der Waals surface area contributed by atoms with E-state index in [1.807, 2.05) is 0 Å². The summed E-state index contributed by atoms with van der Waals surface area (Å²) in [7, 11) is -1.44. The van der Waals surface area contributed by atoms with E-state index >= 15 is 0 Å². The summed E-state index contributed by atoms with van der Waals surface area (Å²) in [5.74, 6) is -1.33. The van der Waals surface area contributed by atoms with Gasteiger partial charge in [0.2, 0.25) is 0 Å². The molecule has 2 atom stereocenters. The van der Waals surface area contributed by atoms with Gasteiger partial charge in [-0.25, -0.2) is 13.2 Å². The Morgan fingerprint density at radius 3 is 2.72 bits per heavy atom. The van der Waals surface area contributed by atoms with Gasteiger partial charge in [0, 0.05) is 18.2 Å². The molecule has 0 saturated carbocycles. The number of esters is 2. The number of rotatable bonds is 6. The Kier molecular flexibility index (Phi) is 6.77. The van der Waals surface area contributed by atoms with Crippen LogP contribution in [-0.2, 0) is 35.6 Å². The van der Waals surface area contributed by atoms with E-state index in [0.717, 1.165) is 4.58 Å². The molecular weight excluding hydrogens is 374 g/mol. The van der Waals surface area contributed by atoms with Crippen LogP contribution < -0.4 is 0 Å². The molecule has 10 heteroatoms. The number of hydrogen-bond donors (Lipinski definition) is 1. The maximum absolute atomic E-state index is 11.9. The molecule has 1 aromatic carbocycles. The van der Waals surface area contributed by atoms with Crippen molar-refractivity contribution in [3.05, 3.63) is 34.9 Å². The first-order chi connectivity index (χ1) is 11.9. The molecule has 2 unspecified atom stereocenters. The average Bonchev–Trinajstić information content (AvgIpc) is 2.96. The van der Waals surface area contributed by atoms with Gasteiger partial charge in [-0.2, -0.15) is 0 Å². The summed E-state index contributed by atoms with van der Waals surface area (Å²) in [6.07, 6.45) is -0.531. The molecule has 25 heavy (non-hydrogen) atoms. The second-order valence-electron chi connectivity index (χ2n) is 5.27. The van der Waals surface area contributed by atoms with Gasteiger partial charge >= 0.3 is 11.9 Å². The van der Waals surface area contributed by atoms with E-state index in [1.165, 1.54) is 25.3 Å². The monoisotopic (exact) mass is 391 g/mol. The first-order valence-corrected chi connectivity index (χ1v) is 9.18. The van der Waals surface area contributed by atoms with Crippen molar-refractivity contribution in [2.75, 3.05) is 13.7 Å². The fraction of sp³-hybridized carbons (Fsp3) is 0.467. The Morgan fingerprint density at radius 1 is 1.40 bits per heavy atom. The smallest absolute Gasteiger partial charge is 0.337 e. The summed E-state index contributed by atoms with van der Waals surface area (Å²) in [6.45, 7) is 1.87. The Labute approximate surface area is 151 Å². The fourth-order valence-corrected chi connectivity index (χ4v) is 3.37. The van der Waals surface area contributed by atoms with Crippen molar-refractivity contribution in [2.45, 2.75) is 31.2 Å². The largest absolute Gasteiger partial charge is 0.465 e. The van der Waals surface area contributed by atoms with Crippen molar-refractivity contribution in [3.8, 4) is 0 Å². The van der Waals surface area contributed by atoms with Gasteiger partial charge < -0.3 is 9.47 Å². The molecule has 0 amide bonds. The lowest BCUT2D eigenvalue weighted by atomic mass is 9.97. The van der Waals surface area contributed by atoms with E-state index in [4.69, 9.17) is 21.4 Å². The van der Waals surface area contributed by atoms with Crippen LogP contribution in [0.1, 0.15) is 40.9 Å². The third kappa shape index (κ3) is 4.69. The van der Waals surface area contributed by atoms with Crippen LogP contribution in [0.4, 0.5) is 0 Å². The molecule has 1 saturated heterocycles. The highest BCUT2D eigenvalue weighted by Crippen LogP contribution is 2.37. The Balaban J connectivity index is 2.35. The number of halogens is 1. The molecule has 0 bridgehead atoms. The predicted molar refractivity (Wildman–Crippen MR) is 88.4 cm³/mol. The number of hydroxylamine groups is 1. The van der Waals surface area contributed by atoms with Crippen LogP contribution in [0.3, 0.4) is 0 Å². The van der Waals surface area contributed by atoms with Gasteiger partial charge in [-0.15, -0.1) is 0 Å². The minimum absolute atomic E-state index is 0.162. The summed E-state index contributed by atoms with van der Waals surface area (Å²) in [5, 5.41) is 0. The lowest BCUT2D eigenvalue weighted by Gasteiger charge is -2.15. The molecule has 138 valence electrons. The van der Waals surface area contributed by atoms with Crippen LogP contribution in [0.2, 0.25) is 0 Å². The van der Waals surface area contributed by atoms with Gasteiger partial charge in [0.25, 0.3) is 0 Å². The molecule has 0 aromatic heterocycles. The molecule has 1 aromatic rings. The standard InChI is InChI=1S/C15H18ClNO7S/c1-3-23-15(19)12-7-13(24-17(12)16)11-6-9(14(18)22-2)4-5-10(11)8-25(20)21/h4-6,12-13,25H,3,7-8H2,1-2H3. The summed E-state index contributed by atoms with van der Waals surface area (Å²) >= 11 is 5.94. The zero-order chi connectivity index (χ0) is 18.6. The molecule has 0 aliphatic carbocycles. The third-order valence-electron chi connectivity index (χ3n) is 3.68. The lowest BCUT2D eigenvalue weighted by Crippen LogP contribution is -2.30. The fourth-order valence-electron chi connectivity index (χ4n) is 2.55. The van der Waals surface area contributed by atoms with E-state index in [9.17, 15) is 18.0 Å². The van der Waals surface area contributed by atoms with E-state index in [0.29, 0.717) is 11.1 Å². The maximum atomic E-state index is 11.9. The average molecular weight is 392 g/mol. The number of thiol groups is 1. The van der Waals surface area contributed by atoms with Crippen LogP contribution in [-0.4, -0.2) is 44.7 Å². The number of benzene rings is 1. The van der Waals surface area contributed by atoms with Crippen LogP contribution in [0.15, 0.2) is 18.2 Å². The highest BCUT2D eigenvalue weighted by atomic mass is 35.5. The Morgan fingerprint density at radius 2 is 2.12 bits per heavy atom. The predicted octanol–water partition coefficient (Wildman–Crippen LogP) is 1.35. The van der Waals surface area contributed by atoms with Gasteiger partial charge in [0.05, 0.1) is 25.0 Å². The SMILES string of the molecule is CCOC(=O)C1CC(c2cc(C(=O)OC)ccc2C[SH](=O)=O)ON1Cl. The molecular formula is C15H18ClNO7S. The number of carbonyl (C=O) groups excluding carboxylic acids is 2. The quantitative estimate of drug-likeness (QED) is 0.440. The highest BCUT2D eigenvalue weighted by molar-refractivity contribution is 7.71. The van der Waals surface area contributed by atoms with Gasteiger partial charge in [0.15, 0.2) is 6.04 Å². The van der Waals surface area contributed by atoms with Gasteiger partial charge in [-0.1, -0.05) is 10.6 Å². The molecule has 1 aliphatic rings. The summed E-state index contributed by atoms with van der Waals surface area (Å²) in [6, 6.07) is 3.65. The van der Waals surface area contributed by atoms with E-state index in [2.05, 4.69) is 4.74 Å². The van der Waals surface area contributed by atoms with Crippen LogP contribution in [0, 0.1) is 0 Å². The second-order valence-corrected chi connectivity index (χ2v) is 6.58. The zero-order valence-electron chi connectivity index (χ0n) is 13.6. The lowest BCUT2D eigenvalue weighted by molar-refractivity contribution is -0.156. The molecule has 0 spiro atoms. The minimum atomic E-state index is -2.69. The molecule has 1 heterocycles. The van der Waals surface area contributed by atoms with E-state index in [-0.39, 0.29) is 24.3 Å². The summed E-state index contributed by atoms with van der Waals surface area (Å²) < 4.78 is 32.7. The molecule has 8 nitrogen and oxygen atoms in total. The highest BCUT2D eigenvalue weighted by Gasteiger charge is 2.40. The summed E-state index contributed by atoms with van der Waals surface area (Å²) in [5.41, 5.74) is 1.16. The van der Waals surface area contributed by atoms with Gasteiger partial charge in [0.1, 0.15) is 16.8 Å². The molecule has 2 rings (SSSR count). The van der Waals surface area contributed by atoms with Crippen molar-refractivity contribution in [2.24, 2.45) is 0 Å². The molecule has 0 N–H and O–H groups in total. The van der Waals surface area contributed by atoms with Crippen LogP contribution in [0.25, 0.3) is 0 Å². The minimum Gasteiger partial charge on any atom is -0.465 e. The van der Waals surface area contributed by atoms with Crippen molar-refractivity contribution in [1.29, 1.82) is 0 Å². The third-order valence-corrected chi connectivity index (χ3v) is 4.60. The van der Waals surface area contributed by atoms with Crippen molar-refractivity contribution in [3.63, 3.8) is 0 Å². The van der Waals surface area contributed by atoms with Crippen LogP contribution >= 0.6 is 11.8 Å². The van der Waals surface area contributed by atoms with Crippen molar-refractivity contribution < 1.29 is 32.3 Å². The van der Waals surface area contributed by atoms with Crippen LogP contribution in [0.5, 0.6) is 0 Å². The summed E-state index contributed by atoms with van der Waals surface area (Å²) in [4.78, 5) is 29.1. The molecule has 1 aliphatic heterocycles. The number of methoxy groups -OCH3 is 1. The topological polar surface area (TPSA) is 99.2 Å². The van der Waals surface area contributed by atoms with Gasteiger partial charge in [-0.3, -0.25) is 9.63 Å². The van der Waals surface area contributed by atoms with E-state index < -0.39 is 34.8 Å². The molecule has 0 radical (unpaired) electrons. The first-order valence-electron chi connectivity index (χ1n) is 7.48. The Bertz CT molecular complexity index is 729. The van der Waals surface area contributed by atoms with Gasteiger partial charge in [-0.05, 0) is 30.2 Å². The van der Waals surface area contributed by atoms with E-state index in [1.54, 1.807) is 6.92 Å².